The van der Waals surface area contributed by atoms with Crippen molar-refractivity contribution < 1.29 is 24.7 Å². The molecular formula is C23H37N3O5. The van der Waals surface area contributed by atoms with E-state index in [0.29, 0.717) is 0 Å². The van der Waals surface area contributed by atoms with E-state index in [4.69, 9.17) is 10.3 Å². The van der Waals surface area contributed by atoms with E-state index in [1.165, 1.54) is 35.9 Å². The fraction of sp³-hybridized carbons (Fsp3) is 0.609. The molecule has 1 atom stereocenters. The van der Waals surface area contributed by atoms with Crippen LogP contribution >= 0.6 is 0 Å². The molecule has 1 aromatic carbocycles. The van der Waals surface area contributed by atoms with Crippen LogP contribution in [-0.2, 0) is 27.3 Å². The molecule has 0 aliphatic heterocycles. The van der Waals surface area contributed by atoms with Crippen molar-refractivity contribution in [3.8, 4) is 0 Å². The third kappa shape index (κ3) is 12.1. The number of hydrogen-bond donors (Lipinski definition) is 5. The Morgan fingerprint density at radius 1 is 0.903 bits per heavy atom. The Bertz CT molecular complexity index is 681. The number of nitrogens with one attached hydrogen (secondary N) is 3. The Morgan fingerprint density at radius 2 is 1.52 bits per heavy atom. The molecule has 0 heterocycles. The van der Waals surface area contributed by atoms with E-state index >= 15 is 0 Å². The maximum Gasteiger partial charge on any atom is 0.303 e. The fourth-order valence-electron chi connectivity index (χ4n) is 3.53. The quantitative estimate of drug-likeness (QED) is 0.145. The number of benzene rings is 1. The minimum Gasteiger partial charge on any atom is -0.481 e. The standard InChI is InChI=1S/C23H37N3O5/c1-24-17-19-13-10-9-12-18(19)11-7-5-3-2-4-6-8-14-21(27)25-20(23(30)26-31)15-16-22(28)29/h9-10,12-13,20,24,31H,2-8,11,14-17H2,1H3,(H,25,27)(H,26,30)(H,28,29)/t20-/m1/s1. The second kappa shape index (κ2) is 16.3. The Labute approximate surface area is 184 Å². The van der Waals surface area contributed by atoms with Gasteiger partial charge >= 0.3 is 5.97 Å². The summed E-state index contributed by atoms with van der Waals surface area (Å²) < 4.78 is 0. The Balaban J connectivity index is 2.11. The predicted molar refractivity (Wildman–Crippen MR) is 119 cm³/mol. The van der Waals surface area contributed by atoms with Gasteiger partial charge < -0.3 is 15.7 Å². The lowest BCUT2D eigenvalue weighted by molar-refractivity contribution is -0.139. The molecule has 0 spiro atoms. The molecule has 31 heavy (non-hydrogen) atoms. The molecule has 0 saturated carbocycles. The van der Waals surface area contributed by atoms with Crippen molar-refractivity contribution in [3.05, 3.63) is 35.4 Å². The second-order valence-electron chi connectivity index (χ2n) is 7.80. The van der Waals surface area contributed by atoms with Crippen LogP contribution < -0.4 is 16.1 Å². The van der Waals surface area contributed by atoms with Crippen LogP contribution in [0.25, 0.3) is 0 Å². The number of carbonyl (C=O) groups is 3. The van der Waals surface area contributed by atoms with Crippen LogP contribution in [0.2, 0.25) is 0 Å². The van der Waals surface area contributed by atoms with E-state index in [9.17, 15) is 14.4 Å². The zero-order valence-electron chi connectivity index (χ0n) is 18.5. The number of hydroxylamine groups is 1. The lowest BCUT2D eigenvalue weighted by Gasteiger charge is -2.15. The minimum atomic E-state index is -1.06. The molecule has 8 nitrogen and oxygen atoms in total. The summed E-state index contributed by atoms with van der Waals surface area (Å²) >= 11 is 0. The summed E-state index contributed by atoms with van der Waals surface area (Å²) in [5.41, 5.74) is 4.25. The Hall–Kier alpha value is -2.45. The largest absolute Gasteiger partial charge is 0.481 e. The smallest absolute Gasteiger partial charge is 0.303 e. The van der Waals surface area contributed by atoms with Gasteiger partial charge in [0.25, 0.3) is 5.91 Å². The maximum absolute atomic E-state index is 12.0. The molecule has 0 aliphatic carbocycles. The van der Waals surface area contributed by atoms with Crippen molar-refractivity contribution in [3.63, 3.8) is 0 Å². The van der Waals surface area contributed by atoms with Gasteiger partial charge in [-0.1, -0.05) is 56.4 Å². The van der Waals surface area contributed by atoms with E-state index in [2.05, 4.69) is 34.9 Å². The van der Waals surface area contributed by atoms with E-state index in [0.717, 1.165) is 38.6 Å². The van der Waals surface area contributed by atoms with Gasteiger partial charge in [0.2, 0.25) is 5.91 Å². The summed E-state index contributed by atoms with van der Waals surface area (Å²) in [5, 5.41) is 23.1. The molecule has 0 radical (unpaired) electrons. The minimum absolute atomic E-state index is 0.0626. The molecule has 1 rings (SSSR count). The molecule has 2 amide bonds. The fourth-order valence-corrected chi connectivity index (χ4v) is 3.53. The highest BCUT2D eigenvalue weighted by Gasteiger charge is 2.21. The molecule has 0 unspecified atom stereocenters. The van der Waals surface area contributed by atoms with Gasteiger partial charge in [0.1, 0.15) is 6.04 Å². The van der Waals surface area contributed by atoms with Crippen molar-refractivity contribution >= 4 is 17.8 Å². The lowest BCUT2D eigenvalue weighted by Crippen LogP contribution is -2.46. The number of carboxylic acid groups (broad SMARTS) is 1. The Morgan fingerprint density at radius 3 is 2.13 bits per heavy atom. The van der Waals surface area contributed by atoms with Gasteiger partial charge in [-0.3, -0.25) is 19.6 Å². The molecule has 8 heteroatoms. The molecule has 174 valence electrons. The first-order valence-corrected chi connectivity index (χ1v) is 11.1. The van der Waals surface area contributed by atoms with Crippen molar-refractivity contribution in [2.45, 2.75) is 83.2 Å². The first-order valence-electron chi connectivity index (χ1n) is 11.1. The third-order valence-corrected chi connectivity index (χ3v) is 5.24. The first-order chi connectivity index (χ1) is 15.0. The lowest BCUT2D eigenvalue weighted by atomic mass is 10.00. The summed E-state index contributed by atoms with van der Waals surface area (Å²) in [6.45, 7) is 0.898. The number of hydrogen-bond acceptors (Lipinski definition) is 5. The van der Waals surface area contributed by atoms with E-state index in [1.807, 2.05) is 7.05 Å². The zero-order chi connectivity index (χ0) is 22.9. The van der Waals surface area contributed by atoms with Gasteiger partial charge in [0.05, 0.1) is 0 Å². The number of amides is 2. The van der Waals surface area contributed by atoms with E-state index < -0.39 is 17.9 Å². The van der Waals surface area contributed by atoms with Crippen LogP contribution in [0.4, 0.5) is 0 Å². The molecule has 0 bridgehead atoms. The summed E-state index contributed by atoms with van der Waals surface area (Å²) in [6, 6.07) is 7.51. The van der Waals surface area contributed by atoms with Gasteiger partial charge in [0, 0.05) is 19.4 Å². The van der Waals surface area contributed by atoms with Gasteiger partial charge in [-0.05, 0) is 43.9 Å². The second-order valence-corrected chi connectivity index (χ2v) is 7.80. The van der Waals surface area contributed by atoms with Crippen LogP contribution in [0, 0.1) is 0 Å². The summed E-state index contributed by atoms with van der Waals surface area (Å²) in [7, 11) is 1.96. The molecule has 0 saturated heterocycles. The number of carbonyl (C=O) groups excluding carboxylic acids is 2. The molecule has 5 N–H and O–H groups in total. The van der Waals surface area contributed by atoms with Gasteiger partial charge in [-0.2, -0.15) is 0 Å². The maximum atomic E-state index is 12.0. The van der Waals surface area contributed by atoms with Crippen LogP contribution in [0.15, 0.2) is 24.3 Å². The topological polar surface area (TPSA) is 128 Å². The number of unbranched alkanes of at least 4 members (excludes halogenated alkanes) is 6. The van der Waals surface area contributed by atoms with Crippen LogP contribution in [0.1, 0.15) is 75.3 Å². The molecule has 1 aromatic rings. The van der Waals surface area contributed by atoms with Gasteiger partial charge in [0.15, 0.2) is 0 Å². The summed E-state index contributed by atoms with van der Waals surface area (Å²) in [5.74, 6) is -2.17. The van der Waals surface area contributed by atoms with E-state index in [-0.39, 0.29) is 25.2 Å². The molecule has 0 aromatic heterocycles. The van der Waals surface area contributed by atoms with Crippen molar-refractivity contribution in [1.82, 2.24) is 16.1 Å². The van der Waals surface area contributed by atoms with Crippen molar-refractivity contribution in [2.24, 2.45) is 0 Å². The highest BCUT2D eigenvalue weighted by molar-refractivity contribution is 5.87. The number of aliphatic carboxylic acids is 1. The average molecular weight is 436 g/mol. The third-order valence-electron chi connectivity index (χ3n) is 5.24. The van der Waals surface area contributed by atoms with Crippen molar-refractivity contribution in [2.75, 3.05) is 7.05 Å². The molecular weight excluding hydrogens is 398 g/mol. The molecule has 0 aliphatic rings. The average Bonchev–Trinajstić information content (AvgIpc) is 2.76. The van der Waals surface area contributed by atoms with Crippen LogP contribution in [0.3, 0.4) is 0 Å². The van der Waals surface area contributed by atoms with Gasteiger partial charge in [-0.15, -0.1) is 0 Å². The highest BCUT2D eigenvalue weighted by Crippen LogP contribution is 2.14. The van der Waals surface area contributed by atoms with Gasteiger partial charge in [-0.25, -0.2) is 5.48 Å². The summed E-state index contributed by atoms with van der Waals surface area (Å²) in [6.07, 6.45) is 8.44. The Kier molecular flexibility index (Phi) is 14.0. The molecule has 0 fully saturated rings. The highest BCUT2D eigenvalue weighted by atomic mass is 16.5. The number of aryl methyl sites for hydroxylation is 1. The van der Waals surface area contributed by atoms with Crippen molar-refractivity contribution in [1.29, 1.82) is 0 Å². The van der Waals surface area contributed by atoms with Crippen LogP contribution in [0.5, 0.6) is 0 Å². The summed E-state index contributed by atoms with van der Waals surface area (Å²) in [4.78, 5) is 34.2. The first kappa shape index (κ1) is 26.6. The number of rotatable bonds is 17. The SMILES string of the molecule is CNCc1ccccc1CCCCCCCCCC(=O)N[C@H](CCC(=O)O)C(=O)NO. The van der Waals surface area contributed by atoms with Crippen LogP contribution in [-0.4, -0.2) is 41.2 Å². The number of carboxylic acids is 1. The normalized spacial score (nSPS) is 11.7. The zero-order valence-corrected chi connectivity index (χ0v) is 18.5. The van der Waals surface area contributed by atoms with E-state index in [1.54, 1.807) is 0 Å². The monoisotopic (exact) mass is 435 g/mol. The predicted octanol–water partition coefficient (Wildman–Crippen LogP) is 2.92.